The van der Waals surface area contributed by atoms with Crippen LogP contribution in [-0.2, 0) is 0 Å². The third-order valence-electron chi connectivity index (χ3n) is 6.17. The van der Waals surface area contributed by atoms with Crippen molar-refractivity contribution in [1.82, 2.24) is 0 Å². The molecule has 0 bridgehead atoms. The summed E-state index contributed by atoms with van der Waals surface area (Å²) in [4.78, 5) is 2.02. The largest absolute Gasteiger partial charge is 0.384 e. The normalized spacial score (nSPS) is 13.2. The molecular weight excluding hydrogens is 424 g/mol. The maximum atomic E-state index is 11.0. The number of hydrogen-bond acceptors (Lipinski definition) is 3. The van der Waals surface area contributed by atoms with Crippen molar-refractivity contribution in [2.24, 2.45) is 0 Å². The average molecular weight is 451 g/mol. The van der Waals surface area contributed by atoms with Crippen molar-refractivity contribution >= 4 is 22.1 Å². The summed E-state index contributed by atoms with van der Waals surface area (Å²) >= 11 is 1.61. The van der Waals surface area contributed by atoms with Gasteiger partial charge in [0.15, 0.2) is 0 Å². The lowest BCUT2D eigenvalue weighted by molar-refractivity contribution is 0.220. The van der Waals surface area contributed by atoms with Crippen molar-refractivity contribution in [2.75, 3.05) is 0 Å². The van der Waals surface area contributed by atoms with Gasteiger partial charge in [0.2, 0.25) is 0 Å². The minimum atomic E-state index is -0.676. The predicted molar refractivity (Wildman–Crippen MR) is 138 cm³/mol. The number of rotatable bonds is 5. The lowest BCUT2D eigenvalue weighted by Gasteiger charge is -2.14. The lowest BCUT2D eigenvalue weighted by Crippen LogP contribution is -1.99. The second kappa shape index (κ2) is 8.95. The van der Waals surface area contributed by atoms with Gasteiger partial charge in [-0.25, -0.2) is 0 Å². The zero-order valence-electron chi connectivity index (χ0n) is 18.7. The van der Waals surface area contributed by atoms with E-state index in [1.807, 2.05) is 74.5 Å². The molecule has 0 amide bonds. The van der Waals surface area contributed by atoms with Crippen LogP contribution >= 0.6 is 11.3 Å². The Labute approximate surface area is 198 Å². The molecule has 33 heavy (non-hydrogen) atoms. The summed E-state index contributed by atoms with van der Waals surface area (Å²) in [5.74, 6) is 0. The van der Waals surface area contributed by atoms with E-state index in [0.29, 0.717) is 0 Å². The molecule has 0 aliphatic heterocycles. The fourth-order valence-electron chi connectivity index (χ4n) is 4.17. The molecule has 0 radical (unpaired) electrons. The minimum absolute atomic E-state index is 0.641. The van der Waals surface area contributed by atoms with Gasteiger partial charge in [-0.1, -0.05) is 90.0 Å². The molecule has 0 aliphatic carbocycles. The Kier molecular flexibility index (Phi) is 5.86. The van der Waals surface area contributed by atoms with Gasteiger partial charge in [0, 0.05) is 9.75 Å². The van der Waals surface area contributed by atoms with E-state index in [0.717, 1.165) is 42.8 Å². The minimum Gasteiger partial charge on any atom is -0.384 e. The van der Waals surface area contributed by atoms with E-state index < -0.39 is 12.2 Å². The van der Waals surface area contributed by atoms with Crippen molar-refractivity contribution in [1.29, 1.82) is 0 Å². The van der Waals surface area contributed by atoms with Gasteiger partial charge >= 0.3 is 0 Å². The predicted octanol–water partition coefficient (Wildman–Crippen LogP) is 7.35. The van der Waals surface area contributed by atoms with Crippen LogP contribution in [0.25, 0.3) is 21.2 Å². The van der Waals surface area contributed by atoms with E-state index in [4.69, 9.17) is 0 Å². The van der Waals surface area contributed by atoms with Crippen LogP contribution in [0.3, 0.4) is 0 Å². The standard InChI is InChI=1S/C30H26O2S/c1-19-6-10-22(11-7-19)29(31)24-15-14-21-4-3-5-25(26(21)18-24)27-16-17-28(33-27)30(32)23-12-8-20(2)9-13-23/h3-18,29-32H,1-2H3. The quantitative estimate of drug-likeness (QED) is 0.294. The van der Waals surface area contributed by atoms with Gasteiger partial charge < -0.3 is 10.2 Å². The molecule has 0 spiro atoms. The molecule has 2 nitrogen and oxygen atoms in total. The zero-order valence-corrected chi connectivity index (χ0v) is 19.5. The van der Waals surface area contributed by atoms with Crippen molar-refractivity contribution in [3.63, 3.8) is 0 Å². The van der Waals surface area contributed by atoms with Crippen molar-refractivity contribution in [3.05, 3.63) is 130 Å². The SMILES string of the molecule is Cc1ccc(C(O)c2ccc3cccc(-c4ccc(C(O)c5ccc(C)cc5)s4)c3c2)cc1. The number of benzene rings is 4. The van der Waals surface area contributed by atoms with E-state index in [2.05, 4.69) is 36.4 Å². The Balaban J connectivity index is 1.51. The maximum absolute atomic E-state index is 11.0. The van der Waals surface area contributed by atoms with Gasteiger partial charge in [0.25, 0.3) is 0 Å². The molecular formula is C30H26O2S. The van der Waals surface area contributed by atoms with Crippen LogP contribution < -0.4 is 0 Å². The van der Waals surface area contributed by atoms with Gasteiger partial charge in [0.1, 0.15) is 12.2 Å². The Bertz CT molecular complexity index is 1400. The van der Waals surface area contributed by atoms with E-state index >= 15 is 0 Å². The molecule has 5 aromatic rings. The van der Waals surface area contributed by atoms with Gasteiger partial charge in [-0.3, -0.25) is 0 Å². The van der Waals surface area contributed by atoms with Crippen molar-refractivity contribution in [2.45, 2.75) is 26.1 Å². The number of hydrogen-bond donors (Lipinski definition) is 2. The monoisotopic (exact) mass is 450 g/mol. The highest BCUT2D eigenvalue weighted by atomic mass is 32.1. The van der Waals surface area contributed by atoms with Crippen LogP contribution in [0.1, 0.15) is 44.9 Å². The van der Waals surface area contributed by atoms with Crippen LogP contribution in [-0.4, -0.2) is 10.2 Å². The first kappa shape index (κ1) is 21.6. The summed E-state index contributed by atoms with van der Waals surface area (Å²) in [5, 5.41) is 24.1. The van der Waals surface area contributed by atoms with Crippen molar-refractivity contribution in [3.8, 4) is 10.4 Å². The Hall–Kier alpha value is -3.24. The van der Waals surface area contributed by atoms with Crippen LogP contribution in [0, 0.1) is 13.8 Å². The zero-order chi connectivity index (χ0) is 22.9. The number of aryl methyl sites for hydroxylation is 2. The molecule has 2 atom stereocenters. The molecule has 5 rings (SSSR count). The first-order valence-electron chi connectivity index (χ1n) is 11.1. The fraction of sp³-hybridized carbons (Fsp3) is 0.133. The number of aliphatic hydroxyl groups excluding tert-OH is 2. The number of aliphatic hydroxyl groups is 2. The van der Waals surface area contributed by atoms with E-state index in [-0.39, 0.29) is 0 Å². The molecule has 2 unspecified atom stereocenters. The lowest BCUT2D eigenvalue weighted by atomic mass is 9.95. The Morgan fingerprint density at radius 3 is 1.88 bits per heavy atom. The van der Waals surface area contributed by atoms with Crippen LogP contribution in [0.4, 0.5) is 0 Å². The summed E-state index contributed by atoms with van der Waals surface area (Å²) in [7, 11) is 0. The van der Waals surface area contributed by atoms with E-state index in [9.17, 15) is 10.2 Å². The molecule has 0 saturated heterocycles. The highest BCUT2D eigenvalue weighted by molar-refractivity contribution is 7.15. The second-order valence-electron chi connectivity index (χ2n) is 8.61. The van der Waals surface area contributed by atoms with E-state index in [1.54, 1.807) is 11.3 Å². The van der Waals surface area contributed by atoms with E-state index in [1.165, 1.54) is 11.1 Å². The molecule has 0 fully saturated rings. The molecule has 3 heteroatoms. The number of fused-ring (bicyclic) bond motifs is 1. The summed E-state index contributed by atoms with van der Waals surface area (Å²) in [6, 6.07) is 32.5. The molecule has 2 N–H and O–H groups in total. The third kappa shape index (κ3) is 4.36. The summed E-state index contributed by atoms with van der Waals surface area (Å²) in [6.45, 7) is 4.09. The molecule has 1 aromatic heterocycles. The molecule has 0 saturated carbocycles. The van der Waals surface area contributed by atoms with Gasteiger partial charge in [-0.05, 0) is 65.1 Å². The highest BCUT2D eigenvalue weighted by Gasteiger charge is 2.16. The van der Waals surface area contributed by atoms with Gasteiger partial charge in [0.05, 0.1) is 0 Å². The van der Waals surface area contributed by atoms with Gasteiger partial charge in [-0.2, -0.15) is 0 Å². The Morgan fingerprint density at radius 2 is 1.21 bits per heavy atom. The van der Waals surface area contributed by atoms with Crippen LogP contribution in [0.2, 0.25) is 0 Å². The molecule has 1 heterocycles. The second-order valence-corrected chi connectivity index (χ2v) is 9.73. The summed E-state index contributed by atoms with van der Waals surface area (Å²) in [5.41, 5.74) is 6.12. The topological polar surface area (TPSA) is 40.5 Å². The average Bonchev–Trinajstić information content (AvgIpc) is 3.33. The summed E-state index contributed by atoms with van der Waals surface area (Å²) in [6.07, 6.45) is -1.32. The smallest absolute Gasteiger partial charge is 0.113 e. The highest BCUT2D eigenvalue weighted by Crippen LogP contribution is 2.38. The maximum Gasteiger partial charge on any atom is 0.113 e. The number of thiophene rings is 1. The van der Waals surface area contributed by atoms with Crippen LogP contribution in [0.15, 0.2) is 97.1 Å². The van der Waals surface area contributed by atoms with Gasteiger partial charge in [-0.15, -0.1) is 11.3 Å². The first-order valence-corrected chi connectivity index (χ1v) is 11.9. The van der Waals surface area contributed by atoms with Crippen molar-refractivity contribution < 1.29 is 10.2 Å². The molecule has 4 aromatic carbocycles. The fourth-order valence-corrected chi connectivity index (χ4v) is 5.24. The Morgan fingerprint density at radius 1 is 0.606 bits per heavy atom. The van der Waals surface area contributed by atoms with Crippen LogP contribution in [0.5, 0.6) is 0 Å². The summed E-state index contributed by atoms with van der Waals surface area (Å²) < 4.78 is 0. The third-order valence-corrected chi connectivity index (χ3v) is 7.34. The molecule has 164 valence electrons. The first-order chi connectivity index (χ1) is 16.0. The molecule has 0 aliphatic rings.